The van der Waals surface area contributed by atoms with Gasteiger partial charge in [-0.2, -0.15) is 0 Å². The molecule has 1 aromatic heterocycles. The molecule has 2 rings (SSSR count). The van der Waals surface area contributed by atoms with Gasteiger partial charge in [0.1, 0.15) is 0 Å². The summed E-state index contributed by atoms with van der Waals surface area (Å²) in [7, 11) is 0. The lowest BCUT2D eigenvalue weighted by molar-refractivity contribution is 0.0954. The number of aromatic amines is 1. The minimum absolute atomic E-state index is 0.0477. The number of H-pyrrole nitrogens is 1. The quantitative estimate of drug-likeness (QED) is 0.881. The van der Waals surface area contributed by atoms with Crippen LogP contribution in [0.25, 0.3) is 5.57 Å². The molecule has 0 saturated heterocycles. The summed E-state index contributed by atoms with van der Waals surface area (Å²) in [5.41, 5.74) is 4.22. The van der Waals surface area contributed by atoms with Crippen LogP contribution in [0.3, 0.4) is 0 Å². The summed E-state index contributed by atoms with van der Waals surface area (Å²) in [4.78, 5) is 19.1. The Hall–Kier alpha value is -2.36. The van der Waals surface area contributed by atoms with Gasteiger partial charge in [0.2, 0.25) is 0 Å². The van der Waals surface area contributed by atoms with E-state index in [2.05, 4.69) is 49.1 Å². The van der Waals surface area contributed by atoms with Gasteiger partial charge in [-0.1, -0.05) is 39.0 Å². The second kappa shape index (κ2) is 7.27. The monoisotopic (exact) mass is 311 g/mol. The third-order valence-corrected chi connectivity index (χ3v) is 3.49. The van der Waals surface area contributed by atoms with Gasteiger partial charge in [0.25, 0.3) is 5.91 Å². The van der Waals surface area contributed by atoms with E-state index in [-0.39, 0.29) is 11.3 Å². The number of amides is 1. The maximum absolute atomic E-state index is 12.1. The minimum atomic E-state index is -0.0477. The first kappa shape index (κ1) is 17.0. The predicted octanol–water partition coefficient (Wildman–Crippen LogP) is 3.83. The molecule has 0 saturated carbocycles. The first-order chi connectivity index (χ1) is 10.8. The average molecular weight is 311 g/mol. The number of carbonyl (C=O) groups is 1. The maximum Gasteiger partial charge on any atom is 0.251 e. The van der Waals surface area contributed by atoms with Crippen LogP contribution in [0.5, 0.6) is 0 Å². The van der Waals surface area contributed by atoms with Gasteiger partial charge in [-0.25, -0.2) is 4.98 Å². The number of imidazole rings is 1. The number of hydrogen-bond donors (Lipinski definition) is 2. The SMILES string of the molecule is CC(=CC(C)(C)C)c1ccc(C(=O)NCCc2cnc[nH]2)cc1. The number of allylic oxidation sites excluding steroid dienone is 2. The highest BCUT2D eigenvalue weighted by Crippen LogP contribution is 2.23. The normalized spacial score (nSPS) is 12.3. The summed E-state index contributed by atoms with van der Waals surface area (Å²) in [6.07, 6.45) is 6.40. The highest BCUT2D eigenvalue weighted by molar-refractivity contribution is 5.94. The van der Waals surface area contributed by atoms with Crippen molar-refractivity contribution in [3.8, 4) is 0 Å². The van der Waals surface area contributed by atoms with Crippen LogP contribution in [0.2, 0.25) is 0 Å². The number of benzene rings is 1. The van der Waals surface area contributed by atoms with Crippen molar-refractivity contribution in [2.75, 3.05) is 6.54 Å². The Morgan fingerprint density at radius 2 is 1.87 bits per heavy atom. The van der Waals surface area contributed by atoms with E-state index in [1.165, 1.54) is 5.57 Å². The largest absolute Gasteiger partial charge is 0.352 e. The zero-order valence-corrected chi connectivity index (χ0v) is 14.3. The standard InChI is InChI=1S/C19H25N3O/c1-14(11-19(2,3)4)15-5-7-16(8-6-15)18(23)21-10-9-17-12-20-13-22-17/h5-8,11-13H,9-10H2,1-4H3,(H,20,22)(H,21,23). The molecule has 2 N–H and O–H groups in total. The number of rotatable bonds is 5. The lowest BCUT2D eigenvalue weighted by atomic mass is 9.91. The molecule has 0 aliphatic heterocycles. The number of hydrogen-bond acceptors (Lipinski definition) is 2. The number of nitrogens with zero attached hydrogens (tertiary/aromatic N) is 1. The van der Waals surface area contributed by atoms with Gasteiger partial charge in [0.15, 0.2) is 0 Å². The van der Waals surface area contributed by atoms with Crippen molar-refractivity contribution >= 4 is 11.5 Å². The van der Waals surface area contributed by atoms with Crippen LogP contribution < -0.4 is 5.32 Å². The van der Waals surface area contributed by atoms with Crippen LogP contribution >= 0.6 is 0 Å². The molecule has 0 aliphatic carbocycles. The number of aromatic nitrogens is 2. The number of nitrogens with one attached hydrogen (secondary N) is 2. The molecule has 0 radical (unpaired) electrons. The minimum Gasteiger partial charge on any atom is -0.352 e. The van der Waals surface area contributed by atoms with E-state index in [0.29, 0.717) is 12.1 Å². The molecule has 0 unspecified atom stereocenters. The fraction of sp³-hybridized carbons (Fsp3) is 0.368. The Morgan fingerprint density at radius 1 is 1.22 bits per heavy atom. The zero-order chi connectivity index (χ0) is 16.9. The molecule has 0 spiro atoms. The molecule has 2 aromatic rings. The summed E-state index contributed by atoms with van der Waals surface area (Å²) >= 11 is 0. The van der Waals surface area contributed by atoms with Crippen LogP contribution in [0.1, 0.15) is 49.3 Å². The first-order valence-electron chi connectivity index (χ1n) is 7.90. The van der Waals surface area contributed by atoms with Crippen molar-refractivity contribution in [3.63, 3.8) is 0 Å². The number of carbonyl (C=O) groups excluding carboxylic acids is 1. The van der Waals surface area contributed by atoms with Crippen molar-refractivity contribution in [2.24, 2.45) is 5.41 Å². The molecular formula is C19H25N3O. The maximum atomic E-state index is 12.1. The second-order valence-corrected chi connectivity index (χ2v) is 6.85. The van der Waals surface area contributed by atoms with Crippen LogP contribution in [-0.2, 0) is 6.42 Å². The molecule has 4 heteroatoms. The third kappa shape index (κ3) is 5.40. The Balaban J connectivity index is 1.93. The van der Waals surface area contributed by atoms with Crippen molar-refractivity contribution in [3.05, 3.63) is 59.7 Å². The third-order valence-electron chi connectivity index (χ3n) is 3.49. The van der Waals surface area contributed by atoms with Gasteiger partial charge in [0, 0.05) is 30.4 Å². The molecule has 122 valence electrons. The van der Waals surface area contributed by atoms with E-state index < -0.39 is 0 Å². The van der Waals surface area contributed by atoms with Crippen molar-refractivity contribution in [1.82, 2.24) is 15.3 Å². The van der Waals surface area contributed by atoms with Crippen LogP contribution in [0.4, 0.5) is 0 Å². The fourth-order valence-corrected chi connectivity index (χ4v) is 2.45. The van der Waals surface area contributed by atoms with Crippen molar-refractivity contribution < 1.29 is 4.79 Å². The molecule has 0 aliphatic rings. The van der Waals surface area contributed by atoms with Crippen molar-refractivity contribution in [2.45, 2.75) is 34.1 Å². The van der Waals surface area contributed by atoms with Gasteiger partial charge in [-0.3, -0.25) is 4.79 Å². The highest BCUT2D eigenvalue weighted by Gasteiger charge is 2.09. The Labute approximate surface area is 138 Å². The smallest absolute Gasteiger partial charge is 0.251 e. The van der Waals surface area contributed by atoms with Crippen molar-refractivity contribution in [1.29, 1.82) is 0 Å². The van der Waals surface area contributed by atoms with Crippen LogP contribution in [0.15, 0.2) is 42.9 Å². The second-order valence-electron chi connectivity index (χ2n) is 6.85. The Kier molecular flexibility index (Phi) is 5.37. The average Bonchev–Trinajstić information content (AvgIpc) is 2.99. The first-order valence-corrected chi connectivity index (χ1v) is 7.90. The van der Waals surface area contributed by atoms with Gasteiger partial charge in [-0.05, 0) is 35.6 Å². The van der Waals surface area contributed by atoms with E-state index in [1.54, 1.807) is 12.5 Å². The van der Waals surface area contributed by atoms with Gasteiger partial charge >= 0.3 is 0 Å². The summed E-state index contributed by atoms with van der Waals surface area (Å²) in [6.45, 7) is 9.23. The molecule has 1 heterocycles. The van der Waals surface area contributed by atoms with Gasteiger partial charge in [-0.15, -0.1) is 0 Å². The molecule has 1 amide bonds. The van der Waals surface area contributed by atoms with Gasteiger partial charge < -0.3 is 10.3 Å². The summed E-state index contributed by atoms with van der Waals surface area (Å²) in [5.74, 6) is -0.0477. The molecule has 23 heavy (non-hydrogen) atoms. The molecule has 1 aromatic carbocycles. The lowest BCUT2D eigenvalue weighted by Crippen LogP contribution is -2.25. The lowest BCUT2D eigenvalue weighted by Gasteiger charge is -2.14. The fourth-order valence-electron chi connectivity index (χ4n) is 2.45. The van der Waals surface area contributed by atoms with E-state index in [1.807, 2.05) is 24.3 Å². The molecule has 4 nitrogen and oxygen atoms in total. The Bertz CT molecular complexity index is 662. The summed E-state index contributed by atoms with van der Waals surface area (Å²) in [6, 6.07) is 7.75. The van der Waals surface area contributed by atoms with E-state index in [9.17, 15) is 4.79 Å². The molecule has 0 bridgehead atoms. The molecular weight excluding hydrogens is 286 g/mol. The van der Waals surface area contributed by atoms with E-state index >= 15 is 0 Å². The summed E-state index contributed by atoms with van der Waals surface area (Å²) in [5, 5.41) is 2.92. The van der Waals surface area contributed by atoms with Crippen LogP contribution in [0, 0.1) is 5.41 Å². The van der Waals surface area contributed by atoms with Gasteiger partial charge in [0.05, 0.1) is 6.33 Å². The molecule has 0 fully saturated rings. The zero-order valence-electron chi connectivity index (χ0n) is 14.3. The predicted molar refractivity (Wildman–Crippen MR) is 94.2 cm³/mol. The van der Waals surface area contributed by atoms with E-state index in [0.717, 1.165) is 17.7 Å². The Morgan fingerprint density at radius 3 is 2.43 bits per heavy atom. The van der Waals surface area contributed by atoms with E-state index in [4.69, 9.17) is 0 Å². The molecule has 0 atom stereocenters. The van der Waals surface area contributed by atoms with Crippen LogP contribution in [-0.4, -0.2) is 22.4 Å². The highest BCUT2D eigenvalue weighted by atomic mass is 16.1. The summed E-state index contributed by atoms with van der Waals surface area (Å²) < 4.78 is 0. The topological polar surface area (TPSA) is 57.8 Å².